The van der Waals surface area contributed by atoms with Gasteiger partial charge in [0.15, 0.2) is 0 Å². The third-order valence-corrected chi connectivity index (χ3v) is 6.05. The van der Waals surface area contributed by atoms with Gasteiger partial charge in [-0.05, 0) is 68.1 Å². The number of aromatic nitrogens is 2. The lowest BCUT2D eigenvalue weighted by Crippen LogP contribution is -2.39. The fraction of sp³-hybridized carbons (Fsp3) is 0.407. The number of carbonyl (C=O) groups is 1. The predicted octanol–water partition coefficient (Wildman–Crippen LogP) is 4.83. The largest absolute Gasteiger partial charge is 0.439 e. The van der Waals surface area contributed by atoms with Crippen LogP contribution >= 0.6 is 0 Å². The third kappa shape index (κ3) is 6.07. The van der Waals surface area contributed by atoms with E-state index >= 15 is 0 Å². The van der Waals surface area contributed by atoms with Crippen LogP contribution in [0.4, 0.5) is 4.39 Å². The Kier molecular flexibility index (Phi) is 8.15. The van der Waals surface area contributed by atoms with Crippen molar-refractivity contribution in [2.45, 2.75) is 45.8 Å². The maximum atomic E-state index is 13.6. The molecule has 0 spiro atoms. The first-order valence-electron chi connectivity index (χ1n) is 12.0. The van der Waals surface area contributed by atoms with Crippen LogP contribution < -0.4 is 4.74 Å². The zero-order chi connectivity index (χ0) is 24.8. The molecule has 7 nitrogen and oxygen atoms in total. The molecule has 1 aromatic heterocycles. The number of rotatable bonds is 10. The van der Waals surface area contributed by atoms with Gasteiger partial charge in [0.25, 0.3) is 0 Å². The number of hydrogen-bond donors (Lipinski definition) is 0. The standard InChI is InChI=1S/C27H32FN3O4/c1-4-25-24(17-30(26(32)18-33-3)16-23-9-6-14-34-23)27(35-22-8-5-7-19(2)15-22)31(29-25)21-12-10-20(28)11-13-21/h5,7-8,10-13,15,23H,4,6,9,14,16-18H2,1-3H3. The van der Waals surface area contributed by atoms with Crippen LogP contribution in [-0.4, -0.2) is 53.6 Å². The highest BCUT2D eigenvalue weighted by atomic mass is 19.1. The molecule has 0 N–H and O–H groups in total. The van der Waals surface area contributed by atoms with Gasteiger partial charge in [-0.3, -0.25) is 4.79 Å². The van der Waals surface area contributed by atoms with Crippen molar-refractivity contribution in [2.75, 3.05) is 26.9 Å². The lowest BCUT2D eigenvalue weighted by Gasteiger charge is -2.26. The summed E-state index contributed by atoms with van der Waals surface area (Å²) >= 11 is 0. The van der Waals surface area contributed by atoms with Gasteiger partial charge in [0.2, 0.25) is 11.8 Å². The van der Waals surface area contributed by atoms with E-state index in [4.69, 9.17) is 19.3 Å². The molecule has 1 aliphatic rings. The van der Waals surface area contributed by atoms with Crippen molar-refractivity contribution in [3.8, 4) is 17.3 Å². The van der Waals surface area contributed by atoms with E-state index in [-0.39, 0.29) is 24.4 Å². The van der Waals surface area contributed by atoms with Crippen LogP contribution in [-0.2, 0) is 27.2 Å². The van der Waals surface area contributed by atoms with E-state index in [1.807, 2.05) is 38.1 Å². The minimum atomic E-state index is -0.328. The topological polar surface area (TPSA) is 65.8 Å². The highest BCUT2D eigenvalue weighted by Gasteiger charge is 2.27. The summed E-state index contributed by atoms with van der Waals surface area (Å²) in [6.07, 6.45) is 2.54. The van der Waals surface area contributed by atoms with Gasteiger partial charge in [-0.25, -0.2) is 9.07 Å². The second-order valence-corrected chi connectivity index (χ2v) is 8.73. The van der Waals surface area contributed by atoms with Crippen LogP contribution in [0.25, 0.3) is 5.69 Å². The number of benzene rings is 2. The zero-order valence-electron chi connectivity index (χ0n) is 20.5. The second kappa shape index (κ2) is 11.5. The van der Waals surface area contributed by atoms with Gasteiger partial charge in [0.1, 0.15) is 18.2 Å². The highest BCUT2D eigenvalue weighted by molar-refractivity contribution is 5.77. The Morgan fingerprint density at radius 2 is 2.06 bits per heavy atom. The Hall–Kier alpha value is -3.23. The smallest absolute Gasteiger partial charge is 0.248 e. The first kappa shape index (κ1) is 24.9. The minimum absolute atomic E-state index is 0.00540. The minimum Gasteiger partial charge on any atom is -0.439 e. The fourth-order valence-corrected chi connectivity index (χ4v) is 4.27. The van der Waals surface area contributed by atoms with Crippen molar-refractivity contribution < 1.29 is 23.4 Å². The van der Waals surface area contributed by atoms with Crippen molar-refractivity contribution in [1.29, 1.82) is 0 Å². The van der Waals surface area contributed by atoms with Gasteiger partial charge in [0, 0.05) is 20.3 Å². The summed E-state index contributed by atoms with van der Waals surface area (Å²) in [6, 6.07) is 13.9. The number of halogens is 1. The summed E-state index contributed by atoms with van der Waals surface area (Å²) in [7, 11) is 1.51. The van der Waals surface area contributed by atoms with Crippen molar-refractivity contribution in [3.05, 3.63) is 71.2 Å². The van der Waals surface area contributed by atoms with E-state index in [1.54, 1.807) is 21.7 Å². The molecule has 1 atom stereocenters. The van der Waals surface area contributed by atoms with Gasteiger partial charge in [0.05, 0.1) is 29.6 Å². The number of nitrogens with zero attached hydrogens (tertiary/aromatic N) is 3. The second-order valence-electron chi connectivity index (χ2n) is 8.73. The molecule has 1 fully saturated rings. The van der Waals surface area contributed by atoms with Crippen LogP contribution in [0.2, 0.25) is 0 Å². The summed E-state index contributed by atoms with van der Waals surface area (Å²) in [6.45, 7) is 5.47. The van der Waals surface area contributed by atoms with E-state index in [2.05, 4.69) is 0 Å². The van der Waals surface area contributed by atoms with Crippen LogP contribution in [0, 0.1) is 12.7 Å². The number of methoxy groups -OCH3 is 1. The van der Waals surface area contributed by atoms with Crippen molar-refractivity contribution in [2.24, 2.45) is 0 Å². The number of hydrogen-bond acceptors (Lipinski definition) is 5. The number of amides is 1. The number of aryl methyl sites for hydroxylation is 2. The summed E-state index contributed by atoms with van der Waals surface area (Å²) in [5.74, 6) is 0.708. The van der Waals surface area contributed by atoms with Gasteiger partial charge in [-0.2, -0.15) is 5.10 Å². The van der Waals surface area contributed by atoms with Crippen molar-refractivity contribution in [1.82, 2.24) is 14.7 Å². The number of carbonyl (C=O) groups excluding carboxylic acids is 1. The number of ether oxygens (including phenoxy) is 3. The summed E-state index contributed by atoms with van der Waals surface area (Å²) < 4.78 is 32.7. The molecule has 0 bridgehead atoms. The lowest BCUT2D eigenvalue weighted by atomic mass is 10.1. The van der Waals surface area contributed by atoms with Crippen molar-refractivity contribution in [3.63, 3.8) is 0 Å². The quantitative estimate of drug-likeness (QED) is 0.415. The molecule has 35 heavy (non-hydrogen) atoms. The van der Waals surface area contributed by atoms with Gasteiger partial charge < -0.3 is 19.1 Å². The van der Waals surface area contributed by atoms with E-state index in [9.17, 15) is 9.18 Å². The first-order chi connectivity index (χ1) is 17.0. The molecule has 186 valence electrons. The molecule has 0 radical (unpaired) electrons. The SMILES string of the molecule is CCc1nn(-c2ccc(F)cc2)c(Oc2cccc(C)c2)c1CN(CC1CCCO1)C(=O)COC. The molecule has 3 aromatic rings. The average Bonchev–Trinajstić information content (AvgIpc) is 3.48. The molecule has 0 saturated carbocycles. The average molecular weight is 482 g/mol. The molecular weight excluding hydrogens is 449 g/mol. The first-order valence-corrected chi connectivity index (χ1v) is 12.0. The lowest BCUT2D eigenvalue weighted by molar-refractivity contribution is -0.137. The molecule has 1 aliphatic heterocycles. The molecule has 1 amide bonds. The van der Waals surface area contributed by atoms with Crippen LogP contribution in [0.1, 0.15) is 36.6 Å². The van der Waals surface area contributed by atoms with Gasteiger partial charge in [-0.15, -0.1) is 0 Å². The maximum absolute atomic E-state index is 13.6. The maximum Gasteiger partial charge on any atom is 0.248 e. The van der Waals surface area contributed by atoms with Gasteiger partial charge in [-0.1, -0.05) is 19.1 Å². The molecule has 2 heterocycles. The Morgan fingerprint density at radius 3 is 2.71 bits per heavy atom. The van der Waals surface area contributed by atoms with E-state index in [0.29, 0.717) is 43.4 Å². The zero-order valence-corrected chi connectivity index (χ0v) is 20.5. The molecule has 1 unspecified atom stereocenters. The predicted molar refractivity (Wildman–Crippen MR) is 130 cm³/mol. The molecule has 8 heteroatoms. The van der Waals surface area contributed by atoms with Crippen LogP contribution in [0.5, 0.6) is 11.6 Å². The van der Waals surface area contributed by atoms with Crippen LogP contribution in [0.3, 0.4) is 0 Å². The molecule has 0 aliphatic carbocycles. The van der Waals surface area contributed by atoms with Crippen LogP contribution in [0.15, 0.2) is 48.5 Å². The fourth-order valence-electron chi connectivity index (χ4n) is 4.27. The van der Waals surface area contributed by atoms with Gasteiger partial charge >= 0.3 is 0 Å². The normalized spacial score (nSPS) is 15.4. The Balaban J connectivity index is 1.76. The molecule has 2 aromatic carbocycles. The molecule has 1 saturated heterocycles. The van der Waals surface area contributed by atoms with Crippen molar-refractivity contribution >= 4 is 5.91 Å². The van der Waals surface area contributed by atoms with E-state index < -0.39 is 0 Å². The monoisotopic (exact) mass is 481 g/mol. The third-order valence-electron chi connectivity index (χ3n) is 6.05. The summed E-state index contributed by atoms with van der Waals surface area (Å²) in [5.41, 5.74) is 3.34. The summed E-state index contributed by atoms with van der Waals surface area (Å²) in [5, 5.41) is 4.81. The Morgan fingerprint density at radius 1 is 1.26 bits per heavy atom. The molecule has 4 rings (SSSR count). The van der Waals surface area contributed by atoms with E-state index in [1.165, 1.54) is 19.2 Å². The summed E-state index contributed by atoms with van der Waals surface area (Å²) in [4.78, 5) is 14.8. The Labute approximate surface area is 205 Å². The Bertz CT molecular complexity index is 1140. The highest BCUT2D eigenvalue weighted by Crippen LogP contribution is 2.33. The van der Waals surface area contributed by atoms with E-state index in [0.717, 1.165) is 29.7 Å². The molecular formula is C27H32FN3O4.